The van der Waals surface area contributed by atoms with Crippen molar-refractivity contribution in [3.63, 3.8) is 0 Å². The number of carbonyl (C=O) groups excluding carboxylic acids is 2. The SMILES string of the molecule is CCCNC(=O)[C@@H](CC)N(Cc1ccc(Cl)cc1)C(=O)CN(c1cc(Cl)ccc1Cl)S(C)(=O)=O. The van der Waals surface area contributed by atoms with Crippen LogP contribution in [0.3, 0.4) is 0 Å². The van der Waals surface area contributed by atoms with Crippen molar-refractivity contribution in [2.24, 2.45) is 0 Å². The Bertz CT molecular complexity index is 1110. The monoisotopic (exact) mass is 547 g/mol. The van der Waals surface area contributed by atoms with Crippen LogP contribution in [-0.4, -0.2) is 50.5 Å². The fourth-order valence-electron chi connectivity index (χ4n) is 3.34. The van der Waals surface area contributed by atoms with Gasteiger partial charge in [0, 0.05) is 23.1 Å². The summed E-state index contributed by atoms with van der Waals surface area (Å²) in [6.07, 6.45) is 2.06. The highest BCUT2D eigenvalue weighted by molar-refractivity contribution is 7.92. The van der Waals surface area contributed by atoms with Crippen molar-refractivity contribution in [1.29, 1.82) is 0 Å². The van der Waals surface area contributed by atoms with Crippen molar-refractivity contribution in [3.05, 3.63) is 63.1 Å². The van der Waals surface area contributed by atoms with E-state index in [1.807, 2.05) is 6.92 Å². The second-order valence-corrected chi connectivity index (χ2v) is 10.9. The number of hydrogen-bond donors (Lipinski definition) is 1. The van der Waals surface area contributed by atoms with Gasteiger partial charge in [0.2, 0.25) is 21.8 Å². The number of anilines is 1. The molecule has 2 aromatic rings. The third-order valence-electron chi connectivity index (χ3n) is 5.06. The van der Waals surface area contributed by atoms with Crippen LogP contribution in [0.25, 0.3) is 0 Å². The molecule has 1 atom stereocenters. The van der Waals surface area contributed by atoms with Crippen molar-refractivity contribution >= 4 is 62.3 Å². The van der Waals surface area contributed by atoms with Gasteiger partial charge >= 0.3 is 0 Å². The van der Waals surface area contributed by atoms with E-state index in [-0.39, 0.29) is 28.2 Å². The number of benzene rings is 2. The summed E-state index contributed by atoms with van der Waals surface area (Å²) < 4.78 is 26.1. The minimum absolute atomic E-state index is 0.0833. The lowest BCUT2D eigenvalue weighted by Crippen LogP contribution is -2.52. The molecular formula is C23H28Cl3N3O4S. The fraction of sp³-hybridized carbons (Fsp3) is 0.391. The number of halogens is 3. The lowest BCUT2D eigenvalue weighted by atomic mass is 10.1. The Labute approximate surface area is 216 Å². The third-order valence-corrected chi connectivity index (χ3v) is 6.99. The summed E-state index contributed by atoms with van der Waals surface area (Å²) in [6.45, 7) is 3.72. The summed E-state index contributed by atoms with van der Waals surface area (Å²) in [5.74, 6) is -0.867. The molecule has 186 valence electrons. The third kappa shape index (κ3) is 7.77. The summed E-state index contributed by atoms with van der Waals surface area (Å²) in [7, 11) is -3.91. The molecule has 0 bridgehead atoms. The smallest absolute Gasteiger partial charge is 0.244 e. The molecule has 0 aliphatic carbocycles. The van der Waals surface area contributed by atoms with Crippen LogP contribution in [-0.2, 0) is 26.2 Å². The van der Waals surface area contributed by atoms with Crippen molar-refractivity contribution in [2.45, 2.75) is 39.3 Å². The number of carbonyl (C=O) groups is 2. The van der Waals surface area contributed by atoms with Crippen molar-refractivity contribution in [2.75, 3.05) is 23.7 Å². The summed E-state index contributed by atoms with van der Waals surface area (Å²) in [5, 5.41) is 3.75. The van der Waals surface area contributed by atoms with E-state index in [0.29, 0.717) is 18.0 Å². The Morgan fingerprint density at radius 3 is 2.18 bits per heavy atom. The van der Waals surface area contributed by atoms with Gasteiger partial charge in [-0.3, -0.25) is 13.9 Å². The van der Waals surface area contributed by atoms with Crippen molar-refractivity contribution in [3.8, 4) is 0 Å². The van der Waals surface area contributed by atoms with Crippen LogP contribution in [0.1, 0.15) is 32.3 Å². The Balaban J connectivity index is 2.45. The van der Waals surface area contributed by atoms with Crippen LogP contribution >= 0.6 is 34.8 Å². The number of sulfonamides is 1. The van der Waals surface area contributed by atoms with E-state index in [1.165, 1.54) is 23.1 Å². The molecular weight excluding hydrogens is 521 g/mol. The van der Waals surface area contributed by atoms with Gasteiger partial charge in [-0.05, 0) is 48.7 Å². The Kier molecular flexibility index (Phi) is 10.5. The van der Waals surface area contributed by atoms with Gasteiger partial charge < -0.3 is 10.2 Å². The lowest BCUT2D eigenvalue weighted by molar-refractivity contribution is -0.140. The second-order valence-electron chi connectivity index (χ2n) is 7.73. The standard InChI is InChI=1S/C23H28Cl3N3O4S/c1-4-12-27-23(31)20(5-2)28(14-16-6-8-17(24)9-7-16)22(30)15-29(34(3,32)33)21-13-18(25)10-11-19(21)26/h6-11,13,20H,4-5,12,14-15H2,1-3H3,(H,27,31)/t20-/m1/s1. The Hall–Kier alpha value is -2.00. The van der Waals surface area contributed by atoms with Gasteiger partial charge in [0.05, 0.1) is 17.0 Å². The molecule has 0 spiro atoms. The molecule has 0 saturated heterocycles. The molecule has 0 aliphatic rings. The molecule has 2 amide bonds. The quantitative estimate of drug-likeness (QED) is 0.439. The topological polar surface area (TPSA) is 86.8 Å². The molecule has 2 aromatic carbocycles. The lowest BCUT2D eigenvalue weighted by Gasteiger charge is -2.33. The van der Waals surface area contributed by atoms with E-state index in [2.05, 4.69) is 5.32 Å². The molecule has 7 nitrogen and oxygen atoms in total. The van der Waals surface area contributed by atoms with Crippen molar-refractivity contribution < 1.29 is 18.0 Å². The molecule has 34 heavy (non-hydrogen) atoms. The highest BCUT2D eigenvalue weighted by Crippen LogP contribution is 2.31. The molecule has 2 rings (SSSR count). The van der Waals surface area contributed by atoms with E-state index in [0.717, 1.165) is 22.5 Å². The highest BCUT2D eigenvalue weighted by atomic mass is 35.5. The first kappa shape index (κ1) is 28.2. The fourth-order valence-corrected chi connectivity index (χ4v) is 4.76. The average Bonchev–Trinajstić information content (AvgIpc) is 2.78. The van der Waals surface area contributed by atoms with Crippen LogP contribution in [0.5, 0.6) is 0 Å². The van der Waals surface area contributed by atoms with Gasteiger partial charge in [0.1, 0.15) is 12.6 Å². The van der Waals surface area contributed by atoms with Crippen LogP contribution in [0.4, 0.5) is 5.69 Å². The molecule has 0 heterocycles. The molecule has 0 unspecified atom stereocenters. The van der Waals surface area contributed by atoms with E-state index in [9.17, 15) is 18.0 Å². The first-order valence-electron chi connectivity index (χ1n) is 10.7. The normalized spacial score (nSPS) is 12.2. The predicted octanol–water partition coefficient (Wildman–Crippen LogP) is 4.75. The molecule has 0 aromatic heterocycles. The first-order valence-corrected chi connectivity index (χ1v) is 13.7. The van der Waals surface area contributed by atoms with Gasteiger partial charge in [-0.1, -0.05) is 60.8 Å². The summed E-state index contributed by atoms with van der Waals surface area (Å²) >= 11 is 18.3. The number of amides is 2. The zero-order valence-electron chi connectivity index (χ0n) is 19.2. The summed E-state index contributed by atoms with van der Waals surface area (Å²) in [5.41, 5.74) is 0.825. The Morgan fingerprint density at radius 1 is 1.00 bits per heavy atom. The van der Waals surface area contributed by atoms with Crippen LogP contribution in [0.2, 0.25) is 15.1 Å². The molecule has 1 N–H and O–H groups in total. The molecule has 0 radical (unpaired) electrons. The van der Waals surface area contributed by atoms with Gasteiger partial charge in [-0.15, -0.1) is 0 Å². The zero-order chi connectivity index (χ0) is 25.5. The average molecular weight is 549 g/mol. The largest absolute Gasteiger partial charge is 0.354 e. The van der Waals surface area contributed by atoms with Gasteiger partial charge in [0.15, 0.2) is 0 Å². The number of hydrogen-bond acceptors (Lipinski definition) is 4. The molecule has 0 aliphatic heterocycles. The van der Waals surface area contributed by atoms with E-state index < -0.39 is 28.5 Å². The van der Waals surface area contributed by atoms with Gasteiger partial charge in [-0.25, -0.2) is 8.42 Å². The minimum atomic E-state index is -3.91. The molecule has 0 fully saturated rings. The van der Waals surface area contributed by atoms with E-state index in [1.54, 1.807) is 31.2 Å². The van der Waals surface area contributed by atoms with Crippen molar-refractivity contribution in [1.82, 2.24) is 10.2 Å². The van der Waals surface area contributed by atoms with Gasteiger partial charge in [0.25, 0.3) is 0 Å². The highest BCUT2D eigenvalue weighted by Gasteiger charge is 2.32. The summed E-state index contributed by atoms with van der Waals surface area (Å²) in [4.78, 5) is 27.8. The summed E-state index contributed by atoms with van der Waals surface area (Å²) in [6, 6.07) is 10.4. The maximum Gasteiger partial charge on any atom is 0.244 e. The number of nitrogens with one attached hydrogen (secondary N) is 1. The maximum absolute atomic E-state index is 13.6. The van der Waals surface area contributed by atoms with E-state index in [4.69, 9.17) is 34.8 Å². The van der Waals surface area contributed by atoms with E-state index >= 15 is 0 Å². The molecule has 0 saturated carbocycles. The van der Waals surface area contributed by atoms with Gasteiger partial charge in [-0.2, -0.15) is 0 Å². The van der Waals surface area contributed by atoms with Crippen LogP contribution in [0.15, 0.2) is 42.5 Å². The van der Waals surface area contributed by atoms with Crippen LogP contribution in [0, 0.1) is 0 Å². The zero-order valence-corrected chi connectivity index (χ0v) is 22.3. The predicted molar refractivity (Wildman–Crippen MR) is 138 cm³/mol. The second kappa shape index (κ2) is 12.6. The maximum atomic E-state index is 13.6. The first-order chi connectivity index (χ1) is 16.0. The minimum Gasteiger partial charge on any atom is -0.354 e. The Morgan fingerprint density at radius 2 is 1.62 bits per heavy atom. The van der Waals surface area contributed by atoms with Crippen LogP contribution < -0.4 is 9.62 Å². The number of rotatable bonds is 11. The number of nitrogens with zero attached hydrogens (tertiary/aromatic N) is 2. The molecule has 11 heteroatoms.